The molecule has 1 saturated heterocycles. The van der Waals surface area contributed by atoms with Gasteiger partial charge in [0.2, 0.25) is 0 Å². The third-order valence-corrected chi connectivity index (χ3v) is 4.11. The van der Waals surface area contributed by atoms with Crippen LogP contribution in [0.15, 0.2) is 24.3 Å². The van der Waals surface area contributed by atoms with Gasteiger partial charge in [0.15, 0.2) is 0 Å². The van der Waals surface area contributed by atoms with Gasteiger partial charge in [-0.15, -0.1) is 0 Å². The van der Waals surface area contributed by atoms with Crippen LogP contribution in [0.2, 0.25) is 0 Å². The molecular formula is C12H15NO2S. The van der Waals surface area contributed by atoms with Crippen molar-refractivity contribution in [2.24, 2.45) is 0 Å². The molecule has 16 heavy (non-hydrogen) atoms. The molecule has 1 aliphatic heterocycles. The number of aromatic carboxylic acids is 1. The lowest BCUT2D eigenvalue weighted by molar-refractivity contribution is 0.0697. The van der Waals surface area contributed by atoms with Gasteiger partial charge in [0.25, 0.3) is 0 Å². The van der Waals surface area contributed by atoms with Gasteiger partial charge in [0.1, 0.15) is 0 Å². The normalized spacial score (nSPS) is 19.7. The summed E-state index contributed by atoms with van der Waals surface area (Å²) in [6, 6.07) is 7.67. The number of para-hydroxylation sites is 1. The fourth-order valence-corrected chi connectivity index (χ4v) is 3.25. The second kappa shape index (κ2) is 4.78. The van der Waals surface area contributed by atoms with Crippen LogP contribution < -0.4 is 4.90 Å². The smallest absolute Gasteiger partial charge is 0.337 e. The average Bonchev–Trinajstić information content (AvgIpc) is 2.81. The van der Waals surface area contributed by atoms with Crippen molar-refractivity contribution in [3.63, 3.8) is 0 Å². The number of rotatable bonds is 3. The van der Waals surface area contributed by atoms with Crippen molar-refractivity contribution >= 4 is 23.4 Å². The topological polar surface area (TPSA) is 40.5 Å². The molecule has 1 aliphatic rings. The Morgan fingerprint density at radius 1 is 1.50 bits per heavy atom. The van der Waals surface area contributed by atoms with E-state index >= 15 is 0 Å². The Balaban J connectivity index is 2.27. The molecule has 0 saturated carbocycles. The lowest BCUT2D eigenvalue weighted by Gasteiger charge is -2.27. The van der Waals surface area contributed by atoms with E-state index in [-0.39, 0.29) is 0 Å². The first-order chi connectivity index (χ1) is 7.70. The molecule has 0 unspecified atom stereocenters. The molecule has 0 spiro atoms. The first-order valence-corrected chi connectivity index (χ1v) is 6.48. The predicted molar refractivity (Wildman–Crippen MR) is 67.5 cm³/mol. The number of benzene rings is 1. The van der Waals surface area contributed by atoms with Crippen molar-refractivity contribution in [3.8, 4) is 0 Å². The van der Waals surface area contributed by atoms with Gasteiger partial charge in [-0.2, -0.15) is 11.8 Å². The molecule has 1 aromatic rings. The van der Waals surface area contributed by atoms with E-state index in [2.05, 4.69) is 4.90 Å². The summed E-state index contributed by atoms with van der Waals surface area (Å²) >= 11 is 1.93. The highest BCUT2D eigenvalue weighted by atomic mass is 32.2. The summed E-state index contributed by atoms with van der Waals surface area (Å²) in [4.78, 5) is 13.2. The van der Waals surface area contributed by atoms with E-state index in [1.54, 1.807) is 12.1 Å². The summed E-state index contributed by atoms with van der Waals surface area (Å²) in [5.74, 6) is 1.41. The average molecular weight is 237 g/mol. The van der Waals surface area contributed by atoms with Crippen molar-refractivity contribution in [2.75, 3.05) is 23.5 Å². The van der Waals surface area contributed by atoms with Crippen LogP contribution >= 0.6 is 11.8 Å². The molecule has 0 aromatic heterocycles. The predicted octanol–water partition coefficient (Wildman–Crippen LogP) is 2.33. The second-order valence-electron chi connectivity index (χ2n) is 3.95. The van der Waals surface area contributed by atoms with E-state index in [9.17, 15) is 4.79 Å². The summed E-state index contributed by atoms with van der Waals surface area (Å²) in [6.07, 6.45) is 1.13. The number of hydrogen-bond donors (Lipinski definition) is 1. The first-order valence-electron chi connectivity index (χ1n) is 5.33. The number of anilines is 1. The third-order valence-electron chi connectivity index (χ3n) is 2.97. The first kappa shape index (κ1) is 11.3. The van der Waals surface area contributed by atoms with Gasteiger partial charge >= 0.3 is 5.97 Å². The Morgan fingerprint density at radius 2 is 2.25 bits per heavy atom. The summed E-state index contributed by atoms with van der Waals surface area (Å²) in [5.41, 5.74) is 1.21. The van der Waals surface area contributed by atoms with Crippen LogP contribution in [0.3, 0.4) is 0 Å². The Hall–Kier alpha value is -1.16. The monoisotopic (exact) mass is 237 g/mol. The van der Waals surface area contributed by atoms with Crippen LogP contribution in [0.5, 0.6) is 0 Å². The Kier molecular flexibility index (Phi) is 3.39. The number of nitrogens with zero attached hydrogens (tertiary/aromatic N) is 1. The maximum atomic E-state index is 11.1. The maximum Gasteiger partial charge on any atom is 0.337 e. The van der Waals surface area contributed by atoms with Crippen LogP contribution in [0, 0.1) is 0 Å². The molecule has 0 bridgehead atoms. The fraction of sp³-hybridized carbons (Fsp3) is 0.417. The van der Waals surface area contributed by atoms with Gasteiger partial charge in [0.05, 0.1) is 11.3 Å². The Labute approximate surface area is 99.5 Å². The van der Waals surface area contributed by atoms with E-state index in [0.29, 0.717) is 11.6 Å². The molecule has 2 rings (SSSR count). The summed E-state index contributed by atoms with van der Waals surface area (Å²) in [6.45, 7) is 0. The second-order valence-corrected chi connectivity index (χ2v) is 5.10. The molecule has 86 valence electrons. The summed E-state index contributed by atoms with van der Waals surface area (Å²) in [7, 11) is 1.98. The zero-order valence-corrected chi connectivity index (χ0v) is 10.0. The van der Waals surface area contributed by atoms with Crippen LogP contribution in [-0.2, 0) is 0 Å². The van der Waals surface area contributed by atoms with E-state index in [1.165, 1.54) is 5.75 Å². The van der Waals surface area contributed by atoms with Gasteiger partial charge in [0, 0.05) is 18.8 Å². The van der Waals surface area contributed by atoms with Crippen molar-refractivity contribution in [1.29, 1.82) is 0 Å². The fourth-order valence-electron chi connectivity index (χ4n) is 1.99. The minimum Gasteiger partial charge on any atom is -0.478 e. The number of carbonyl (C=O) groups is 1. The van der Waals surface area contributed by atoms with E-state index < -0.39 is 5.97 Å². The van der Waals surface area contributed by atoms with Crippen molar-refractivity contribution in [1.82, 2.24) is 0 Å². The van der Waals surface area contributed by atoms with Crippen LogP contribution in [0.25, 0.3) is 0 Å². The minimum atomic E-state index is -0.854. The lowest BCUT2D eigenvalue weighted by atomic mass is 10.1. The largest absolute Gasteiger partial charge is 0.478 e. The van der Waals surface area contributed by atoms with Crippen molar-refractivity contribution in [3.05, 3.63) is 29.8 Å². The highest BCUT2D eigenvalue weighted by Crippen LogP contribution is 2.28. The van der Waals surface area contributed by atoms with Gasteiger partial charge in [-0.25, -0.2) is 4.79 Å². The molecule has 1 heterocycles. The standard InChI is InChI=1S/C12H15NO2S/c1-13(9-6-7-16-8-9)11-5-3-2-4-10(11)12(14)15/h2-5,9H,6-8H2,1H3,(H,14,15)/t9-/m1/s1. The van der Waals surface area contributed by atoms with E-state index in [4.69, 9.17) is 5.11 Å². The molecular weight excluding hydrogens is 222 g/mol. The molecule has 3 nitrogen and oxygen atoms in total. The van der Waals surface area contributed by atoms with E-state index in [1.807, 2.05) is 30.9 Å². The zero-order valence-electron chi connectivity index (χ0n) is 9.22. The quantitative estimate of drug-likeness (QED) is 0.876. The third kappa shape index (κ3) is 2.16. The van der Waals surface area contributed by atoms with Crippen molar-refractivity contribution < 1.29 is 9.90 Å². The number of hydrogen-bond acceptors (Lipinski definition) is 3. The highest BCUT2D eigenvalue weighted by molar-refractivity contribution is 7.99. The minimum absolute atomic E-state index is 0.391. The number of carboxylic acids is 1. The molecule has 1 N–H and O–H groups in total. The zero-order chi connectivity index (χ0) is 11.5. The van der Waals surface area contributed by atoms with Crippen LogP contribution in [0.4, 0.5) is 5.69 Å². The van der Waals surface area contributed by atoms with Gasteiger partial charge in [-0.05, 0) is 24.3 Å². The van der Waals surface area contributed by atoms with Crippen molar-refractivity contribution in [2.45, 2.75) is 12.5 Å². The number of thioether (sulfide) groups is 1. The molecule has 1 aromatic carbocycles. The SMILES string of the molecule is CN(c1ccccc1C(=O)O)[C@@H]1CCSC1. The molecule has 1 fully saturated rings. The summed E-state index contributed by atoms with van der Waals surface area (Å²) < 4.78 is 0. The molecule has 0 amide bonds. The van der Waals surface area contributed by atoms with Gasteiger partial charge in [-0.3, -0.25) is 0 Å². The van der Waals surface area contributed by atoms with Gasteiger partial charge < -0.3 is 10.0 Å². The van der Waals surface area contributed by atoms with Gasteiger partial charge in [-0.1, -0.05) is 12.1 Å². The highest BCUT2D eigenvalue weighted by Gasteiger charge is 2.23. The summed E-state index contributed by atoms with van der Waals surface area (Å²) in [5, 5.41) is 9.13. The van der Waals surface area contributed by atoms with E-state index in [0.717, 1.165) is 17.9 Å². The maximum absolute atomic E-state index is 11.1. The number of carboxylic acid groups (broad SMARTS) is 1. The van der Waals surface area contributed by atoms with Crippen LogP contribution in [-0.4, -0.2) is 35.7 Å². The molecule has 0 radical (unpaired) electrons. The lowest BCUT2D eigenvalue weighted by Crippen LogP contribution is -2.32. The Bertz CT molecular complexity index is 388. The Morgan fingerprint density at radius 3 is 2.88 bits per heavy atom. The molecule has 1 atom stereocenters. The van der Waals surface area contributed by atoms with Crippen LogP contribution in [0.1, 0.15) is 16.8 Å². The molecule has 0 aliphatic carbocycles. The molecule has 4 heteroatoms.